The van der Waals surface area contributed by atoms with Gasteiger partial charge in [0, 0.05) is 0 Å². The molecule has 87 valence electrons. The summed E-state index contributed by atoms with van der Waals surface area (Å²) in [6.45, 7) is 4.54. The Hall–Kier alpha value is -0.780. The number of benzene rings is 1. The van der Waals surface area contributed by atoms with E-state index in [0.29, 0.717) is 0 Å². The van der Waals surface area contributed by atoms with E-state index in [1.807, 2.05) is 0 Å². The van der Waals surface area contributed by atoms with E-state index in [9.17, 15) is 0 Å². The van der Waals surface area contributed by atoms with Crippen LogP contribution >= 0.6 is 0 Å². The molecule has 1 aromatic rings. The minimum absolute atomic E-state index is 0.961. The van der Waals surface area contributed by atoms with E-state index in [0.717, 1.165) is 5.92 Å². The molecule has 0 unspecified atom stereocenters. The van der Waals surface area contributed by atoms with E-state index in [1.165, 1.54) is 49.7 Å². The molecule has 1 fully saturated rings. The number of hydrogen-bond donors (Lipinski definition) is 0. The molecule has 1 saturated carbocycles. The highest BCUT2D eigenvalue weighted by Gasteiger charge is 2.18. The standard InChI is InChI=1S/C16H23/c1-13-3-7-15(8-4-13)11-12-16-9-5-14(2)6-10-16/h3-4,7-8,14H,5-6,9-12H2,1-2H3. The molecule has 1 aliphatic rings. The zero-order valence-electron chi connectivity index (χ0n) is 10.6. The normalized spacial score (nSPS) is 18.9. The Morgan fingerprint density at radius 2 is 1.62 bits per heavy atom. The molecule has 16 heavy (non-hydrogen) atoms. The van der Waals surface area contributed by atoms with E-state index < -0.39 is 0 Å². The van der Waals surface area contributed by atoms with Gasteiger partial charge in [0.1, 0.15) is 0 Å². The second kappa shape index (κ2) is 5.52. The first-order chi connectivity index (χ1) is 7.74. The van der Waals surface area contributed by atoms with Crippen molar-refractivity contribution >= 4 is 0 Å². The summed E-state index contributed by atoms with van der Waals surface area (Å²) in [4.78, 5) is 0. The molecule has 0 aliphatic heterocycles. The van der Waals surface area contributed by atoms with Crippen LogP contribution < -0.4 is 0 Å². The molecule has 0 nitrogen and oxygen atoms in total. The second-order valence-electron chi connectivity index (χ2n) is 5.42. The van der Waals surface area contributed by atoms with Gasteiger partial charge in [-0.3, -0.25) is 0 Å². The van der Waals surface area contributed by atoms with E-state index in [4.69, 9.17) is 0 Å². The van der Waals surface area contributed by atoms with E-state index >= 15 is 0 Å². The minimum atomic E-state index is 0.961. The van der Waals surface area contributed by atoms with E-state index in [1.54, 1.807) is 5.92 Å². The van der Waals surface area contributed by atoms with E-state index in [-0.39, 0.29) is 0 Å². The molecule has 0 aromatic heterocycles. The van der Waals surface area contributed by atoms with Crippen LogP contribution in [0.25, 0.3) is 0 Å². The van der Waals surface area contributed by atoms with Gasteiger partial charge in [-0.2, -0.15) is 0 Å². The SMILES string of the molecule is Cc1ccc(CC[C]2CCC(C)CC2)cc1. The fourth-order valence-corrected chi connectivity index (χ4v) is 2.50. The Balaban J connectivity index is 1.77. The number of hydrogen-bond acceptors (Lipinski definition) is 0. The maximum atomic E-state index is 2.39. The zero-order chi connectivity index (χ0) is 11.4. The fourth-order valence-electron chi connectivity index (χ4n) is 2.50. The summed E-state index contributed by atoms with van der Waals surface area (Å²) in [5, 5.41) is 0. The summed E-state index contributed by atoms with van der Waals surface area (Å²) >= 11 is 0. The van der Waals surface area contributed by atoms with Crippen molar-refractivity contribution in [2.24, 2.45) is 5.92 Å². The largest absolute Gasteiger partial charge is 0.0625 e. The lowest BCUT2D eigenvalue weighted by Gasteiger charge is -2.25. The third kappa shape index (κ3) is 3.37. The molecule has 0 saturated heterocycles. The van der Waals surface area contributed by atoms with Crippen molar-refractivity contribution in [3.63, 3.8) is 0 Å². The van der Waals surface area contributed by atoms with Crippen molar-refractivity contribution in [3.05, 3.63) is 41.3 Å². The van der Waals surface area contributed by atoms with Gasteiger partial charge in [0.25, 0.3) is 0 Å². The van der Waals surface area contributed by atoms with Crippen molar-refractivity contribution in [3.8, 4) is 0 Å². The van der Waals surface area contributed by atoms with Gasteiger partial charge >= 0.3 is 0 Å². The Labute approximate surface area is 100 Å². The lowest BCUT2D eigenvalue weighted by molar-refractivity contribution is 0.394. The van der Waals surface area contributed by atoms with Crippen LogP contribution in [-0.4, -0.2) is 0 Å². The Morgan fingerprint density at radius 3 is 2.25 bits per heavy atom. The van der Waals surface area contributed by atoms with Gasteiger partial charge in [-0.25, -0.2) is 0 Å². The molecule has 0 amide bonds. The Morgan fingerprint density at radius 1 is 1.00 bits per heavy atom. The molecule has 0 atom stereocenters. The van der Waals surface area contributed by atoms with Crippen LogP contribution in [-0.2, 0) is 6.42 Å². The second-order valence-corrected chi connectivity index (χ2v) is 5.42. The van der Waals surface area contributed by atoms with Crippen LogP contribution in [0, 0.1) is 18.8 Å². The molecular weight excluding hydrogens is 192 g/mol. The van der Waals surface area contributed by atoms with Crippen molar-refractivity contribution in [2.75, 3.05) is 0 Å². The highest BCUT2D eigenvalue weighted by molar-refractivity contribution is 5.21. The quantitative estimate of drug-likeness (QED) is 0.685. The Bertz CT molecular complexity index is 301. The minimum Gasteiger partial charge on any atom is -0.0625 e. The first-order valence-corrected chi connectivity index (χ1v) is 6.63. The maximum Gasteiger partial charge on any atom is -0.0237 e. The van der Waals surface area contributed by atoms with Crippen LogP contribution in [0.3, 0.4) is 0 Å². The highest BCUT2D eigenvalue weighted by Crippen LogP contribution is 2.32. The van der Waals surface area contributed by atoms with Crippen molar-refractivity contribution in [1.29, 1.82) is 0 Å². The summed E-state index contributed by atoms with van der Waals surface area (Å²) in [6, 6.07) is 9.01. The van der Waals surface area contributed by atoms with Crippen molar-refractivity contribution in [2.45, 2.75) is 52.4 Å². The van der Waals surface area contributed by atoms with Gasteiger partial charge in [-0.15, -0.1) is 0 Å². The van der Waals surface area contributed by atoms with Gasteiger partial charge < -0.3 is 0 Å². The van der Waals surface area contributed by atoms with Gasteiger partial charge in [0.05, 0.1) is 0 Å². The highest BCUT2D eigenvalue weighted by atomic mass is 14.2. The summed E-state index contributed by atoms with van der Waals surface area (Å²) in [5.41, 5.74) is 2.86. The number of aryl methyl sites for hydroxylation is 2. The monoisotopic (exact) mass is 215 g/mol. The molecule has 0 heterocycles. The molecule has 1 radical (unpaired) electrons. The lowest BCUT2D eigenvalue weighted by atomic mass is 9.80. The average molecular weight is 215 g/mol. The first-order valence-electron chi connectivity index (χ1n) is 6.63. The average Bonchev–Trinajstić information content (AvgIpc) is 2.30. The zero-order valence-corrected chi connectivity index (χ0v) is 10.6. The molecule has 0 N–H and O–H groups in total. The van der Waals surface area contributed by atoms with Crippen LogP contribution in [0.4, 0.5) is 0 Å². The molecule has 0 bridgehead atoms. The van der Waals surface area contributed by atoms with Crippen LogP contribution in [0.5, 0.6) is 0 Å². The van der Waals surface area contributed by atoms with Crippen molar-refractivity contribution < 1.29 is 0 Å². The number of rotatable bonds is 3. The van der Waals surface area contributed by atoms with E-state index in [2.05, 4.69) is 38.1 Å². The summed E-state index contributed by atoms with van der Waals surface area (Å²) in [5.74, 6) is 2.77. The Kier molecular flexibility index (Phi) is 4.04. The molecule has 1 aliphatic carbocycles. The summed E-state index contributed by atoms with van der Waals surface area (Å²) in [6.07, 6.45) is 8.16. The van der Waals surface area contributed by atoms with Gasteiger partial charge in [0.2, 0.25) is 0 Å². The first kappa shape index (κ1) is 11.7. The maximum absolute atomic E-state index is 2.39. The fraction of sp³-hybridized carbons (Fsp3) is 0.562. The third-order valence-corrected chi connectivity index (χ3v) is 3.87. The van der Waals surface area contributed by atoms with Crippen LogP contribution in [0.1, 0.15) is 50.2 Å². The summed E-state index contributed by atoms with van der Waals surface area (Å²) in [7, 11) is 0. The van der Waals surface area contributed by atoms with Crippen LogP contribution in [0.2, 0.25) is 0 Å². The third-order valence-electron chi connectivity index (χ3n) is 3.87. The topological polar surface area (TPSA) is 0 Å². The molecule has 1 aromatic carbocycles. The van der Waals surface area contributed by atoms with Crippen molar-refractivity contribution in [1.82, 2.24) is 0 Å². The molecule has 0 heteroatoms. The summed E-state index contributed by atoms with van der Waals surface area (Å²) < 4.78 is 0. The molecule has 2 rings (SSSR count). The predicted molar refractivity (Wildman–Crippen MR) is 70.4 cm³/mol. The molecule has 0 spiro atoms. The van der Waals surface area contributed by atoms with Gasteiger partial charge in [-0.05, 0) is 50.0 Å². The smallest absolute Gasteiger partial charge is 0.0237 e. The van der Waals surface area contributed by atoms with Gasteiger partial charge in [-0.1, -0.05) is 49.6 Å². The predicted octanol–water partition coefficient (Wildman–Crippen LogP) is 4.71. The van der Waals surface area contributed by atoms with Crippen LogP contribution in [0.15, 0.2) is 24.3 Å². The lowest BCUT2D eigenvalue weighted by Crippen LogP contribution is -2.11. The molecular formula is C16H23. The van der Waals surface area contributed by atoms with Gasteiger partial charge in [0.15, 0.2) is 0 Å².